The molecule has 1 saturated carbocycles. The highest BCUT2D eigenvalue weighted by Crippen LogP contribution is 2.30. The molecule has 1 aliphatic carbocycles. The van der Waals surface area contributed by atoms with E-state index in [1.807, 2.05) is 23.6 Å². The maximum absolute atomic E-state index is 13.4. The van der Waals surface area contributed by atoms with Gasteiger partial charge in [0.1, 0.15) is 5.69 Å². The summed E-state index contributed by atoms with van der Waals surface area (Å²) in [4.78, 5) is 13.8. The summed E-state index contributed by atoms with van der Waals surface area (Å²) in [5.41, 5.74) is 0.332. The largest absolute Gasteiger partial charge is 0.355 e. The predicted octanol–water partition coefficient (Wildman–Crippen LogP) is 3.67. The van der Waals surface area contributed by atoms with Crippen LogP contribution in [0.15, 0.2) is 26.9 Å². The second-order valence-electron chi connectivity index (χ2n) is 8.00. The van der Waals surface area contributed by atoms with E-state index < -0.39 is 10.0 Å². The fourth-order valence-corrected chi connectivity index (χ4v) is 6.63. The van der Waals surface area contributed by atoms with E-state index in [1.54, 1.807) is 24.3 Å². The first-order valence-corrected chi connectivity index (χ1v) is 12.8. The topological polar surface area (TPSA) is 92.5 Å². The molecule has 1 amide bonds. The number of carbonyl (C=O) groups is 1. The van der Waals surface area contributed by atoms with Crippen LogP contribution in [-0.2, 0) is 14.8 Å². The number of sulfonamides is 1. The van der Waals surface area contributed by atoms with E-state index in [2.05, 4.69) is 10.5 Å². The molecule has 1 unspecified atom stereocenters. The van der Waals surface area contributed by atoms with Crippen molar-refractivity contribution in [2.45, 2.75) is 56.4 Å². The molecule has 0 bridgehead atoms. The van der Waals surface area contributed by atoms with Crippen molar-refractivity contribution in [2.24, 2.45) is 5.92 Å². The van der Waals surface area contributed by atoms with Crippen LogP contribution in [-0.4, -0.2) is 42.9 Å². The van der Waals surface area contributed by atoms with Crippen LogP contribution in [0.4, 0.5) is 0 Å². The number of nitrogens with zero attached hydrogens (tertiary/aromatic N) is 2. The van der Waals surface area contributed by atoms with Gasteiger partial charge in [0.2, 0.25) is 15.9 Å². The third kappa shape index (κ3) is 4.53. The number of amides is 1. The molecule has 2 aromatic rings. The quantitative estimate of drug-likeness (QED) is 0.726. The van der Waals surface area contributed by atoms with Gasteiger partial charge in [-0.3, -0.25) is 4.79 Å². The smallest absolute Gasteiger partial charge is 0.248 e. The van der Waals surface area contributed by atoms with Crippen molar-refractivity contribution < 1.29 is 17.7 Å². The van der Waals surface area contributed by atoms with Crippen LogP contribution in [0.1, 0.15) is 54.9 Å². The second-order valence-corrected chi connectivity index (χ2v) is 10.9. The van der Waals surface area contributed by atoms with Crippen molar-refractivity contribution >= 4 is 39.4 Å². The number of hydrogen-bond acceptors (Lipinski definition) is 6. The lowest BCUT2D eigenvalue weighted by molar-refractivity contribution is -0.126. The number of nitrogens with one attached hydrogen (secondary N) is 1. The molecule has 7 nitrogen and oxygen atoms in total. The Morgan fingerprint density at radius 2 is 2.07 bits per heavy atom. The molecule has 2 aliphatic rings. The van der Waals surface area contributed by atoms with Crippen molar-refractivity contribution in [1.29, 1.82) is 0 Å². The van der Waals surface area contributed by atoms with Crippen LogP contribution in [0, 0.1) is 12.8 Å². The van der Waals surface area contributed by atoms with Crippen LogP contribution >= 0.6 is 11.3 Å². The van der Waals surface area contributed by atoms with E-state index in [0.717, 1.165) is 30.6 Å². The van der Waals surface area contributed by atoms with Gasteiger partial charge >= 0.3 is 0 Å². The molecule has 0 aromatic carbocycles. The van der Waals surface area contributed by atoms with Crippen molar-refractivity contribution in [3.8, 4) is 0 Å². The molecule has 162 valence electrons. The van der Waals surface area contributed by atoms with Gasteiger partial charge < -0.3 is 9.84 Å². The zero-order valence-electron chi connectivity index (χ0n) is 17.0. The summed E-state index contributed by atoms with van der Waals surface area (Å²) in [5, 5.41) is 8.96. The Labute approximate surface area is 181 Å². The van der Waals surface area contributed by atoms with E-state index in [0.29, 0.717) is 25.1 Å². The number of thiophene rings is 1. The third-order valence-corrected chi connectivity index (χ3v) is 8.69. The Kier molecular flexibility index (Phi) is 6.40. The highest BCUT2D eigenvalue weighted by Gasteiger charge is 2.37. The predicted molar refractivity (Wildman–Crippen MR) is 116 cm³/mol. The lowest BCUT2D eigenvalue weighted by atomic mass is 9.98. The van der Waals surface area contributed by atoms with Gasteiger partial charge in [-0.1, -0.05) is 24.1 Å². The summed E-state index contributed by atoms with van der Waals surface area (Å²) in [5.74, 6) is -0.125. The molecule has 1 aliphatic heterocycles. The molecule has 0 radical (unpaired) electrons. The Bertz CT molecular complexity index is 1010. The molecule has 4 rings (SSSR count). The zero-order valence-corrected chi connectivity index (χ0v) is 18.7. The number of aryl methyl sites for hydroxylation is 1. The van der Waals surface area contributed by atoms with E-state index in [9.17, 15) is 13.2 Å². The number of hydrogen-bond donors (Lipinski definition) is 1. The highest BCUT2D eigenvalue weighted by atomic mass is 32.2. The average molecular weight is 450 g/mol. The summed E-state index contributed by atoms with van der Waals surface area (Å²) in [6.45, 7) is 2.22. The first kappa shape index (κ1) is 21.3. The van der Waals surface area contributed by atoms with Crippen molar-refractivity contribution in [2.75, 3.05) is 13.1 Å². The Balaban J connectivity index is 1.51. The first-order chi connectivity index (χ1) is 14.4. The summed E-state index contributed by atoms with van der Waals surface area (Å²) in [6, 6.07) is 4.10. The molecule has 30 heavy (non-hydrogen) atoms. The Morgan fingerprint density at radius 3 is 2.80 bits per heavy atom. The monoisotopic (exact) mass is 449 g/mol. The lowest BCUT2D eigenvalue weighted by Gasteiger charge is -2.31. The van der Waals surface area contributed by atoms with Crippen molar-refractivity contribution in [1.82, 2.24) is 14.8 Å². The average Bonchev–Trinajstić information content (AvgIpc) is 3.49. The lowest BCUT2D eigenvalue weighted by Crippen LogP contribution is -2.47. The normalized spacial score (nSPS) is 21.4. The molecule has 2 fully saturated rings. The molecular formula is C21H27N3O4S2. The fourth-order valence-electron chi connectivity index (χ4n) is 4.24. The van der Waals surface area contributed by atoms with Gasteiger partial charge in [-0.25, -0.2) is 8.42 Å². The number of piperidine rings is 1. The molecule has 9 heteroatoms. The van der Waals surface area contributed by atoms with Crippen LogP contribution in [0.25, 0.3) is 12.2 Å². The molecular weight excluding hydrogens is 422 g/mol. The van der Waals surface area contributed by atoms with Crippen molar-refractivity contribution in [3.05, 3.63) is 33.8 Å². The summed E-state index contributed by atoms with van der Waals surface area (Å²) >= 11 is 1.55. The standard InChI is InChI=1S/C21H27N3O4S2/c1-15-20(19(28-23-15)11-10-18-9-5-13-29-18)30(26,27)24-12-4-6-16(14-24)21(25)22-17-7-2-3-8-17/h5,9-11,13,16-17H,2-4,6-8,12,14H2,1H3,(H,22,25). The molecule has 0 spiro atoms. The number of carbonyl (C=O) groups excluding carboxylic acids is 1. The number of rotatable bonds is 6. The van der Waals surface area contributed by atoms with Gasteiger partial charge in [-0.2, -0.15) is 4.31 Å². The highest BCUT2D eigenvalue weighted by molar-refractivity contribution is 7.89. The van der Waals surface area contributed by atoms with E-state index in [4.69, 9.17) is 4.52 Å². The van der Waals surface area contributed by atoms with Gasteiger partial charge in [-0.05, 0) is 56.2 Å². The van der Waals surface area contributed by atoms with Gasteiger partial charge in [-0.15, -0.1) is 11.3 Å². The minimum atomic E-state index is -3.82. The van der Waals surface area contributed by atoms with Gasteiger partial charge in [0, 0.05) is 24.0 Å². The van der Waals surface area contributed by atoms with Crippen LogP contribution in [0.5, 0.6) is 0 Å². The van der Waals surface area contributed by atoms with Crippen LogP contribution < -0.4 is 5.32 Å². The van der Waals surface area contributed by atoms with Crippen LogP contribution in [0.2, 0.25) is 0 Å². The molecule has 1 N–H and O–H groups in total. The first-order valence-electron chi connectivity index (χ1n) is 10.4. The number of aromatic nitrogens is 1. The van der Waals surface area contributed by atoms with Gasteiger partial charge in [0.25, 0.3) is 0 Å². The SMILES string of the molecule is Cc1noc(C=Cc2cccs2)c1S(=O)(=O)N1CCCC(C(=O)NC2CCCC2)C1. The summed E-state index contributed by atoms with van der Waals surface area (Å²) in [7, 11) is -3.82. The van der Waals surface area contributed by atoms with Gasteiger partial charge in [0.15, 0.2) is 10.7 Å². The third-order valence-electron chi connectivity index (χ3n) is 5.83. The van der Waals surface area contributed by atoms with E-state index in [1.165, 1.54) is 4.31 Å². The Morgan fingerprint density at radius 1 is 1.27 bits per heavy atom. The maximum atomic E-state index is 13.4. The van der Waals surface area contributed by atoms with Crippen LogP contribution in [0.3, 0.4) is 0 Å². The van der Waals surface area contributed by atoms with E-state index in [-0.39, 0.29) is 35.1 Å². The minimum Gasteiger partial charge on any atom is -0.355 e. The molecule has 3 heterocycles. The summed E-state index contributed by atoms with van der Waals surface area (Å²) < 4.78 is 33.6. The molecule has 1 atom stereocenters. The molecule has 1 saturated heterocycles. The molecule has 2 aromatic heterocycles. The second kappa shape index (κ2) is 9.03. The fraction of sp³-hybridized carbons (Fsp3) is 0.524. The van der Waals surface area contributed by atoms with E-state index >= 15 is 0 Å². The van der Waals surface area contributed by atoms with Crippen molar-refractivity contribution in [3.63, 3.8) is 0 Å². The zero-order chi connectivity index (χ0) is 21.1. The maximum Gasteiger partial charge on any atom is 0.248 e. The minimum absolute atomic E-state index is 0.0262. The summed E-state index contributed by atoms with van der Waals surface area (Å²) in [6.07, 6.45) is 9.14. The Hall–Kier alpha value is -1.97. The van der Waals surface area contributed by atoms with Gasteiger partial charge in [0.05, 0.1) is 5.92 Å².